The van der Waals surface area contributed by atoms with Crippen molar-refractivity contribution in [2.75, 3.05) is 6.54 Å². The molecule has 0 aromatic heterocycles. The summed E-state index contributed by atoms with van der Waals surface area (Å²) in [6.07, 6.45) is 7.96. The minimum Gasteiger partial charge on any atom is -0.391 e. The molecule has 2 bridgehead atoms. The number of ketones is 1. The van der Waals surface area contributed by atoms with Crippen molar-refractivity contribution < 1.29 is 4.79 Å². The summed E-state index contributed by atoms with van der Waals surface area (Å²) in [5.74, 6) is 0.861. The van der Waals surface area contributed by atoms with Gasteiger partial charge in [-0.25, -0.2) is 0 Å². The van der Waals surface area contributed by atoms with Crippen LogP contribution in [-0.4, -0.2) is 12.3 Å². The van der Waals surface area contributed by atoms with Crippen LogP contribution in [0.15, 0.2) is 11.8 Å². The van der Waals surface area contributed by atoms with Crippen LogP contribution in [0.1, 0.15) is 59.8 Å². The van der Waals surface area contributed by atoms with E-state index in [9.17, 15) is 4.79 Å². The Labute approximate surface area is 111 Å². The molecule has 2 aliphatic carbocycles. The molecule has 0 aromatic rings. The minimum absolute atomic E-state index is 0.116. The molecule has 2 atom stereocenters. The molecule has 1 N–H and O–H groups in total. The zero-order valence-electron chi connectivity index (χ0n) is 12.3. The molecule has 0 aliphatic heterocycles. The lowest BCUT2D eigenvalue weighted by Gasteiger charge is -2.31. The molecule has 2 fully saturated rings. The van der Waals surface area contributed by atoms with Crippen molar-refractivity contribution in [2.24, 2.45) is 16.7 Å². The Bertz CT molecular complexity index is 369. The first-order valence-corrected chi connectivity index (χ1v) is 7.43. The van der Waals surface area contributed by atoms with Crippen molar-refractivity contribution in [2.45, 2.75) is 59.8 Å². The van der Waals surface area contributed by atoms with Crippen LogP contribution < -0.4 is 5.32 Å². The highest BCUT2D eigenvalue weighted by atomic mass is 16.1. The van der Waals surface area contributed by atoms with Gasteiger partial charge in [-0.1, -0.05) is 40.5 Å². The van der Waals surface area contributed by atoms with Crippen LogP contribution in [0.25, 0.3) is 0 Å². The second kappa shape index (κ2) is 4.71. The molecule has 2 unspecified atom stereocenters. The summed E-state index contributed by atoms with van der Waals surface area (Å²) < 4.78 is 0. The molecule has 0 radical (unpaired) electrons. The van der Waals surface area contributed by atoms with Gasteiger partial charge < -0.3 is 5.32 Å². The van der Waals surface area contributed by atoms with E-state index < -0.39 is 0 Å². The van der Waals surface area contributed by atoms with Crippen LogP contribution in [0.5, 0.6) is 0 Å². The SMILES string of the molecule is CCCCCNC=C1C(=O)C2(C)CCC1C2(C)C. The van der Waals surface area contributed by atoms with Gasteiger partial charge in [0.05, 0.1) is 0 Å². The van der Waals surface area contributed by atoms with Crippen LogP contribution in [0.3, 0.4) is 0 Å². The number of allylic oxidation sites excluding steroid dienone is 1. The first kappa shape index (κ1) is 13.6. The standard InChI is InChI=1S/C16H27NO/c1-5-6-7-10-17-11-12-13-8-9-16(4,14(12)18)15(13,2)3/h11,13,17H,5-10H2,1-4H3. The average molecular weight is 249 g/mol. The van der Waals surface area contributed by atoms with Gasteiger partial charge in [-0.05, 0) is 30.6 Å². The van der Waals surface area contributed by atoms with Gasteiger partial charge in [-0.3, -0.25) is 4.79 Å². The highest BCUT2D eigenvalue weighted by molar-refractivity contribution is 6.04. The van der Waals surface area contributed by atoms with E-state index in [0.29, 0.717) is 11.7 Å². The molecule has 0 aromatic carbocycles. The molecular weight excluding hydrogens is 222 g/mol. The van der Waals surface area contributed by atoms with Gasteiger partial charge in [0, 0.05) is 23.7 Å². The first-order valence-electron chi connectivity index (χ1n) is 7.43. The zero-order valence-corrected chi connectivity index (χ0v) is 12.3. The van der Waals surface area contributed by atoms with Gasteiger partial charge >= 0.3 is 0 Å². The van der Waals surface area contributed by atoms with Gasteiger partial charge in [-0.15, -0.1) is 0 Å². The van der Waals surface area contributed by atoms with Gasteiger partial charge in [0.1, 0.15) is 0 Å². The molecule has 0 spiro atoms. The van der Waals surface area contributed by atoms with E-state index in [1.807, 2.05) is 6.20 Å². The third-order valence-electron chi connectivity index (χ3n) is 5.55. The lowest BCUT2D eigenvalue weighted by Crippen LogP contribution is -2.32. The van der Waals surface area contributed by atoms with Gasteiger partial charge in [0.2, 0.25) is 0 Å². The molecule has 0 heterocycles. The molecular formula is C16H27NO. The van der Waals surface area contributed by atoms with Crippen LogP contribution in [0.2, 0.25) is 0 Å². The predicted molar refractivity (Wildman–Crippen MR) is 75.2 cm³/mol. The lowest BCUT2D eigenvalue weighted by molar-refractivity contribution is -0.125. The Morgan fingerprint density at radius 3 is 2.61 bits per heavy atom. The zero-order chi connectivity index (χ0) is 13.4. The number of Topliss-reactive ketones (excluding diaryl/α,β-unsaturated/α-hetero) is 1. The van der Waals surface area contributed by atoms with Crippen molar-refractivity contribution in [3.8, 4) is 0 Å². The number of hydrogen-bond acceptors (Lipinski definition) is 2. The summed E-state index contributed by atoms with van der Waals surface area (Å²) >= 11 is 0. The third kappa shape index (κ3) is 1.81. The fourth-order valence-electron chi connectivity index (χ4n) is 3.75. The molecule has 0 saturated heterocycles. The Kier molecular flexibility index (Phi) is 3.57. The summed E-state index contributed by atoms with van der Waals surface area (Å²) in [5.41, 5.74) is 1.08. The Hall–Kier alpha value is -0.790. The molecule has 2 heteroatoms. The van der Waals surface area contributed by atoms with Gasteiger partial charge in [0.25, 0.3) is 0 Å². The minimum atomic E-state index is -0.116. The maximum atomic E-state index is 12.5. The third-order valence-corrected chi connectivity index (χ3v) is 5.55. The monoisotopic (exact) mass is 249 g/mol. The fraction of sp³-hybridized carbons (Fsp3) is 0.812. The van der Waals surface area contributed by atoms with Crippen molar-refractivity contribution >= 4 is 5.78 Å². The van der Waals surface area contributed by atoms with Crippen LogP contribution in [0.4, 0.5) is 0 Å². The van der Waals surface area contributed by atoms with E-state index in [0.717, 1.165) is 18.5 Å². The van der Waals surface area contributed by atoms with Crippen molar-refractivity contribution in [1.29, 1.82) is 0 Å². The molecule has 18 heavy (non-hydrogen) atoms. The highest BCUT2D eigenvalue weighted by Crippen LogP contribution is 2.65. The smallest absolute Gasteiger partial charge is 0.167 e. The van der Waals surface area contributed by atoms with Gasteiger partial charge in [0.15, 0.2) is 5.78 Å². The largest absolute Gasteiger partial charge is 0.391 e. The maximum Gasteiger partial charge on any atom is 0.167 e. The quantitative estimate of drug-likeness (QED) is 0.595. The maximum absolute atomic E-state index is 12.5. The predicted octanol–water partition coefficient (Wildman–Crippen LogP) is 3.68. The van der Waals surface area contributed by atoms with E-state index in [1.54, 1.807) is 0 Å². The highest BCUT2D eigenvalue weighted by Gasteiger charge is 2.63. The number of nitrogens with one attached hydrogen (secondary N) is 1. The van der Waals surface area contributed by atoms with Gasteiger partial charge in [-0.2, -0.15) is 0 Å². The fourth-order valence-corrected chi connectivity index (χ4v) is 3.75. The first-order chi connectivity index (χ1) is 8.45. The molecule has 2 saturated carbocycles. The van der Waals surface area contributed by atoms with Crippen molar-refractivity contribution in [3.05, 3.63) is 11.8 Å². The summed E-state index contributed by atoms with van der Waals surface area (Å²) in [4.78, 5) is 12.5. The lowest BCUT2D eigenvalue weighted by atomic mass is 9.70. The Morgan fingerprint density at radius 1 is 1.33 bits per heavy atom. The molecule has 0 amide bonds. The number of unbranched alkanes of at least 4 members (excludes halogenated alkanes) is 2. The second-order valence-corrected chi connectivity index (χ2v) is 6.74. The van der Waals surface area contributed by atoms with E-state index in [1.165, 1.54) is 25.7 Å². The molecule has 102 valence electrons. The summed E-state index contributed by atoms with van der Waals surface area (Å²) in [7, 11) is 0. The summed E-state index contributed by atoms with van der Waals surface area (Å²) in [6, 6.07) is 0. The molecule has 2 aliphatic rings. The number of carbonyl (C=O) groups excluding carboxylic acids is 1. The normalized spacial score (nSPS) is 35.4. The average Bonchev–Trinajstić information content (AvgIpc) is 2.63. The van der Waals surface area contributed by atoms with Crippen LogP contribution >= 0.6 is 0 Å². The van der Waals surface area contributed by atoms with E-state index in [4.69, 9.17) is 0 Å². The number of hydrogen-bond donors (Lipinski definition) is 1. The van der Waals surface area contributed by atoms with E-state index in [-0.39, 0.29) is 10.8 Å². The van der Waals surface area contributed by atoms with Crippen LogP contribution in [0, 0.1) is 16.7 Å². The van der Waals surface area contributed by atoms with E-state index in [2.05, 4.69) is 33.0 Å². The number of rotatable bonds is 5. The molecule has 2 nitrogen and oxygen atoms in total. The Morgan fingerprint density at radius 2 is 2.06 bits per heavy atom. The number of fused-ring (bicyclic) bond motifs is 2. The van der Waals surface area contributed by atoms with Crippen LogP contribution in [-0.2, 0) is 4.79 Å². The number of carbonyl (C=O) groups is 1. The topological polar surface area (TPSA) is 29.1 Å². The van der Waals surface area contributed by atoms with Crippen molar-refractivity contribution in [3.63, 3.8) is 0 Å². The summed E-state index contributed by atoms with van der Waals surface area (Å²) in [5, 5.41) is 3.35. The second-order valence-electron chi connectivity index (χ2n) is 6.74. The Balaban J connectivity index is 2.03. The molecule has 2 rings (SSSR count). The van der Waals surface area contributed by atoms with Crippen molar-refractivity contribution in [1.82, 2.24) is 5.32 Å². The van der Waals surface area contributed by atoms with E-state index >= 15 is 0 Å². The summed E-state index contributed by atoms with van der Waals surface area (Å²) in [6.45, 7) is 9.89.